The van der Waals surface area contributed by atoms with Gasteiger partial charge in [0, 0.05) is 19.7 Å². The average molecular weight is 298 g/mol. The number of carboxylic acid groups (broad SMARTS) is 1. The molecule has 2 aliphatic rings. The van der Waals surface area contributed by atoms with Gasteiger partial charge in [-0.25, -0.2) is 0 Å². The number of likely N-dealkylation sites (tertiary alicyclic amines) is 1. The third-order valence-electron chi connectivity index (χ3n) is 4.64. The number of nitrogens with zero attached hydrogens (tertiary/aromatic N) is 1. The number of carbonyl (C=O) groups is 1. The molecule has 122 valence electrons. The normalized spacial score (nSPS) is 26.5. The van der Waals surface area contributed by atoms with Crippen LogP contribution in [0.15, 0.2) is 0 Å². The van der Waals surface area contributed by atoms with Crippen LogP contribution in [0.5, 0.6) is 0 Å². The number of carboxylic acids is 1. The Labute approximate surface area is 128 Å². The van der Waals surface area contributed by atoms with Gasteiger partial charge in [-0.3, -0.25) is 9.69 Å². The maximum atomic E-state index is 11.9. The molecule has 0 amide bonds. The largest absolute Gasteiger partial charge is 0.480 e. The molecule has 1 heterocycles. The molecule has 2 N–H and O–H groups in total. The van der Waals surface area contributed by atoms with Crippen molar-refractivity contribution in [3.8, 4) is 0 Å². The fourth-order valence-electron chi connectivity index (χ4n) is 3.47. The molecule has 2 unspecified atom stereocenters. The Morgan fingerprint density at radius 3 is 2.71 bits per heavy atom. The summed E-state index contributed by atoms with van der Waals surface area (Å²) in [5, 5.41) is 13.1. The summed E-state index contributed by atoms with van der Waals surface area (Å²) in [6, 6.07) is 0. The van der Waals surface area contributed by atoms with Gasteiger partial charge < -0.3 is 15.2 Å². The highest BCUT2D eigenvalue weighted by molar-refractivity contribution is 5.80. The first kappa shape index (κ1) is 16.7. The van der Waals surface area contributed by atoms with Gasteiger partial charge in [-0.1, -0.05) is 13.8 Å². The monoisotopic (exact) mass is 298 g/mol. The first-order valence-corrected chi connectivity index (χ1v) is 8.44. The van der Waals surface area contributed by atoms with Crippen LogP contribution in [0.4, 0.5) is 0 Å². The van der Waals surface area contributed by atoms with Gasteiger partial charge in [0.15, 0.2) is 0 Å². The van der Waals surface area contributed by atoms with Crippen LogP contribution in [-0.2, 0) is 9.53 Å². The van der Waals surface area contributed by atoms with Gasteiger partial charge in [0.25, 0.3) is 0 Å². The fraction of sp³-hybridized carbons (Fsp3) is 0.938. The molecule has 2 rings (SSSR count). The zero-order valence-electron chi connectivity index (χ0n) is 13.4. The van der Waals surface area contributed by atoms with Crippen molar-refractivity contribution in [1.82, 2.24) is 10.2 Å². The number of hydrogen-bond donors (Lipinski definition) is 2. The second-order valence-electron chi connectivity index (χ2n) is 6.45. The topological polar surface area (TPSA) is 61.8 Å². The Bertz CT molecular complexity index is 346. The molecule has 5 nitrogen and oxygen atoms in total. The molecule has 1 aliphatic carbocycles. The van der Waals surface area contributed by atoms with E-state index in [0.717, 1.165) is 51.8 Å². The quantitative estimate of drug-likeness (QED) is 0.679. The highest BCUT2D eigenvalue weighted by Gasteiger charge is 2.51. The molecule has 1 saturated heterocycles. The maximum Gasteiger partial charge on any atom is 0.325 e. The van der Waals surface area contributed by atoms with Crippen molar-refractivity contribution < 1.29 is 14.6 Å². The molecule has 2 fully saturated rings. The van der Waals surface area contributed by atoms with Crippen LogP contribution in [0.3, 0.4) is 0 Å². The Kier molecular flexibility index (Phi) is 6.02. The van der Waals surface area contributed by atoms with E-state index in [4.69, 9.17) is 4.74 Å². The van der Waals surface area contributed by atoms with Crippen molar-refractivity contribution in [2.75, 3.05) is 32.8 Å². The highest BCUT2D eigenvalue weighted by Crippen LogP contribution is 2.40. The van der Waals surface area contributed by atoms with Crippen LogP contribution in [0, 0.1) is 5.92 Å². The molecule has 5 heteroatoms. The van der Waals surface area contributed by atoms with E-state index in [1.807, 2.05) is 6.92 Å². The summed E-state index contributed by atoms with van der Waals surface area (Å²) < 4.78 is 5.86. The summed E-state index contributed by atoms with van der Waals surface area (Å²) in [4.78, 5) is 14.2. The molecule has 1 saturated carbocycles. The summed E-state index contributed by atoms with van der Waals surface area (Å²) in [6.45, 7) is 8.07. The molecular formula is C16H30N2O3. The van der Waals surface area contributed by atoms with Crippen LogP contribution >= 0.6 is 0 Å². The van der Waals surface area contributed by atoms with Crippen molar-refractivity contribution in [1.29, 1.82) is 0 Å². The zero-order valence-corrected chi connectivity index (χ0v) is 13.4. The average Bonchev–Trinajstić information content (AvgIpc) is 3.29. The standard InChI is InChI=1S/C16H30N2O3/c1-3-10-21-14-6-5-9-18(11-14)12-16(15(19)20,17-4-2)13-7-8-13/h13-14,17H,3-12H2,1-2H3,(H,19,20). The molecule has 0 spiro atoms. The number of likely N-dealkylation sites (N-methyl/N-ethyl adjacent to an activating group) is 1. The van der Waals surface area contributed by atoms with Gasteiger partial charge in [0.05, 0.1) is 6.10 Å². The van der Waals surface area contributed by atoms with Crippen molar-refractivity contribution in [2.45, 2.75) is 57.6 Å². The number of rotatable bonds is 9. The second-order valence-corrected chi connectivity index (χ2v) is 6.45. The van der Waals surface area contributed by atoms with Gasteiger partial charge in [-0.05, 0) is 51.1 Å². The van der Waals surface area contributed by atoms with E-state index in [-0.39, 0.29) is 12.0 Å². The van der Waals surface area contributed by atoms with Crippen LogP contribution in [0.25, 0.3) is 0 Å². The third kappa shape index (κ3) is 4.18. The Hall–Kier alpha value is -0.650. The lowest BCUT2D eigenvalue weighted by Gasteiger charge is -2.39. The predicted octanol–water partition coefficient (Wildman–Crippen LogP) is 1.72. The zero-order chi connectivity index (χ0) is 15.3. The maximum absolute atomic E-state index is 11.9. The fourth-order valence-corrected chi connectivity index (χ4v) is 3.47. The lowest BCUT2D eigenvalue weighted by molar-refractivity contribution is -0.147. The summed E-state index contributed by atoms with van der Waals surface area (Å²) in [6.07, 6.45) is 5.56. The van der Waals surface area contributed by atoms with Gasteiger partial charge in [-0.2, -0.15) is 0 Å². The van der Waals surface area contributed by atoms with Crippen LogP contribution in [0.1, 0.15) is 46.0 Å². The van der Waals surface area contributed by atoms with Gasteiger partial charge >= 0.3 is 5.97 Å². The van der Waals surface area contributed by atoms with E-state index >= 15 is 0 Å². The van der Waals surface area contributed by atoms with Crippen LogP contribution in [0.2, 0.25) is 0 Å². The van der Waals surface area contributed by atoms with E-state index < -0.39 is 11.5 Å². The molecule has 21 heavy (non-hydrogen) atoms. The summed E-state index contributed by atoms with van der Waals surface area (Å²) in [5.74, 6) is -0.407. The number of aliphatic carboxylic acids is 1. The summed E-state index contributed by atoms with van der Waals surface area (Å²) in [7, 11) is 0. The van der Waals surface area contributed by atoms with Crippen molar-refractivity contribution >= 4 is 5.97 Å². The van der Waals surface area contributed by atoms with Crippen molar-refractivity contribution in [2.24, 2.45) is 5.92 Å². The number of ether oxygens (including phenoxy) is 1. The SMILES string of the molecule is CCCOC1CCCN(CC(NCC)(C(=O)O)C2CC2)C1. The molecule has 0 radical (unpaired) electrons. The molecule has 0 bridgehead atoms. The van der Waals surface area contributed by atoms with E-state index in [9.17, 15) is 9.90 Å². The first-order chi connectivity index (χ1) is 10.1. The molecule has 1 aliphatic heterocycles. The number of nitrogens with one attached hydrogen (secondary N) is 1. The molecule has 0 aromatic heterocycles. The number of piperidine rings is 1. The molecular weight excluding hydrogens is 268 g/mol. The Balaban J connectivity index is 1.97. The van der Waals surface area contributed by atoms with Crippen LogP contribution in [-0.4, -0.2) is 60.4 Å². The van der Waals surface area contributed by atoms with E-state index in [1.54, 1.807) is 0 Å². The number of hydrogen-bond acceptors (Lipinski definition) is 4. The molecule has 2 atom stereocenters. The second kappa shape index (κ2) is 7.56. The summed E-state index contributed by atoms with van der Waals surface area (Å²) >= 11 is 0. The Morgan fingerprint density at radius 1 is 1.38 bits per heavy atom. The molecule has 0 aromatic carbocycles. The van der Waals surface area contributed by atoms with Gasteiger partial charge in [0.2, 0.25) is 0 Å². The lowest BCUT2D eigenvalue weighted by atomic mass is 9.91. The Morgan fingerprint density at radius 2 is 2.14 bits per heavy atom. The third-order valence-corrected chi connectivity index (χ3v) is 4.64. The minimum Gasteiger partial charge on any atom is -0.480 e. The van der Waals surface area contributed by atoms with Gasteiger partial charge in [-0.15, -0.1) is 0 Å². The minimum atomic E-state index is -0.763. The summed E-state index contributed by atoms with van der Waals surface area (Å²) in [5.41, 5.74) is -0.763. The van der Waals surface area contributed by atoms with Crippen molar-refractivity contribution in [3.05, 3.63) is 0 Å². The van der Waals surface area contributed by atoms with Gasteiger partial charge in [0.1, 0.15) is 5.54 Å². The first-order valence-electron chi connectivity index (χ1n) is 8.44. The minimum absolute atomic E-state index is 0.269. The highest BCUT2D eigenvalue weighted by atomic mass is 16.5. The van der Waals surface area contributed by atoms with E-state index in [1.165, 1.54) is 0 Å². The lowest BCUT2D eigenvalue weighted by Crippen LogP contribution is -2.62. The predicted molar refractivity (Wildman–Crippen MR) is 82.5 cm³/mol. The van der Waals surface area contributed by atoms with E-state index in [0.29, 0.717) is 13.1 Å². The van der Waals surface area contributed by atoms with E-state index in [2.05, 4.69) is 17.1 Å². The van der Waals surface area contributed by atoms with Crippen molar-refractivity contribution in [3.63, 3.8) is 0 Å². The smallest absolute Gasteiger partial charge is 0.325 e. The van der Waals surface area contributed by atoms with Crippen LogP contribution < -0.4 is 5.32 Å². The molecule has 0 aromatic rings.